The van der Waals surface area contributed by atoms with Gasteiger partial charge in [0.15, 0.2) is 6.29 Å². The van der Waals surface area contributed by atoms with Gasteiger partial charge < -0.3 is 9.88 Å². The van der Waals surface area contributed by atoms with E-state index in [0.29, 0.717) is 6.04 Å². The van der Waals surface area contributed by atoms with Crippen LogP contribution >= 0.6 is 0 Å². The molecule has 0 saturated heterocycles. The van der Waals surface area contributed by atoms with Crippen molar-refractivity contribution in [1.82, 2.24) is 9.88 Å². The van der Waals surface area contributed by atoms with Crippen LogP contribution in [0.2, 0.25) is 0 Å². The van der Waals surface area contributed by atoms with Crippen molar-refractivity contribution in [2.45, 2.75) is 13.0 Å². The number of carbonyl (C=O) groups excluding carboxylic acids is 1. The molecule has 84 valence electrons. The van der Waals surface area contributed by atoms with Crippen LogP contribution in [-0.4, -0.2) is 30.3 Å². The molecule has 1 N–H and O–H groups in total. The van der Waals surface area contributed by atoms with Crippen molar-refractivity contribution < 1.29 is 4.79 Å². The first-order valence-electron chi connectivity index (χ1n) is 5.36. The van der Waals surface area contributed by atoms with E-state index >= 15 is 0 Å². The van der Waals surface area contributed by atoms with Crippen LogP contribution < -0.4 is 0 Å². The van der Waals surface area contributed by atoms with Crippen LogP contribution in [0.3, 0.4) is 0 Å². The van der Waals surface area contributed by atoms with Crippen LogP contribution in [0.4, 0.5) is 0 Å². The average Bonchev–Trinajstić information content (AvgIpc) is 2.75. The van der Waals surface area contributed by atoms with Gasteiger partial charge in [-0.25, -0.2) is 0 Å². The fourth-order valence-electron chi connectivity index (χ4n) is 1.93. The second kappa shape index (κ2) is 4.10. The minimum Gasteiger partial charge on any atom is -0.361 e. The van der Waals surface area contributed by atoms with E-state index in [1.807, 2.05) is 38.5 Å². The topological polar surface area (TPSA) is 36.1 Å². The largest absolute Gasteiger partial charge is 0.361 e. The number of benzene rings is 1. The zero-order chi connectivity index (χ0) is 11.7. The fourth-order valence-corrected chi connectivity index (χ4v) is 1.93. The Balaban J connectivity index is 2.64. The molecular formula is C13H16N2O. The van der Waals surface area contributed by atoms with Gasteiger partial charge in [0.1, 0.15) is 0 Å². The summed E-state index contributed by atoms with van der Waals surface area (Å²) in [7, 11) is 4.10. The van der Waals surface area contributed by atoms with Crippen LogP contribution in [0.15, 0.2) is 24.4 Å². The molecule has 0 saturated carbocycles. The maximum atomic E-state index is 10.9. The third-order valence-corrected chi connectivity index (χ3v) is 3.14. The number of aromatic nitrogens is 1. The Labute approximate surface area is 95.1 Å². The number of H-pyrrole nitrogens is 1. The van der Waals surface area contributed by atoms with E-state index in [2.05, 4.69) is 16.8 Å². The molecular weight excluding hydrogens is 200 g/mol. The number of aromatic amines is 1. The van der Waals surface area contributed by atoms with Gasteiger partial charge in [0.05, 0.1) is 5.52 Å². The average molecular weight is 216 g/mol. The molecule has 1 aromatic heterocycles. The summed E-state index contributed by atoms with van der Waals surface area (Å²) >= 11 is 0. The normalized spacial score (nSPS) is 13.2. The summed E-state index contributed by atoms with van der Waals surface area (Å²) in [5.41, 5.74) is 3.02. The molecule has 2 rings (SSSR count). The summed E-state index contributed by atoms with van der Waals surface area (Å²) in [5.74, 6) is 0. The number of nitrogens with one attached hydrogen (secondary N) is 1. The third kappa shape index (κ3) is 1.63. The quantitative estimate of drug-likeness (QED) is 0.800. The van der Waals surface area contributed by atoms with Gasteiger partial charge >= 0.3 is 0 Å². The first kappa shape index (κ1) is 10.9. The molecule has 0 radical (unpaired) electrons. The number of carbonyl (C=O) groups is 1. The van der Waals surface area contributed by atoms with E-state index in [1.54, 1.807) is 0 Å². The molecule has 3 heteroatoms. The summed E-state index contributed by atoms with van der Waals surface area (Å²) in [6, 6.07) is 6.18. The van der Waals surface area contributed by atoms with Gasteiger partial charge in [0, 0.05) is 23.2 Å². The van der Waals surface area contributed by atoms with Crippen LogP contribution in [0, 0.1) is 0 Å². The molecule has 3 nitrogen and oxygen atoms in total. The Morgan fingerprint density at radius 3 is 2.69 bits per heavy atom. The van der Waals surface area contributed by atoms with Crippen molar-refractivity contribution in [3.8, 4) is 0 Å². The Hall–Kier alpha value is -1.61. The lowest BCUT2D eigenvalue weighted by atomic mass is 10.0. The lowest BCUT2D eigenvalue weighted by Gasteiger charge is -2.21. The number of rotatable bonds is 3. The first-order chi connectivity index (χ1) is 7.65. The zero-order valence-electron chi connectivity index (χ0n) is 9.82. The van der Waals surface area contributed by atoms with Crippen molar-refractivity contribution in [1.29, 1.82) is 0 Å². The van der Waals surface area contributed by atoms with Crippen LogP contribution in [-0.2, 0) is 0 Å². The first-order valence-corrected chi connectivity index (χ1v) is 5.36. The number of fused-ring (bicyclic) bond motifs is 1. The van der Waals surface area contributed by atoms with Crippen molar-refractivity contribution in [2.75, 3.05) is 14.1 Å². The SMILES string of the molecule is CC(c1ccc(C=O)c2cc[nH]c12)N(C)C. The van der Waals surface area contributed by atoms with Gasteiger partial charge in [-0.05, 0) is 32.6 Å². The lowest BCUT2D eigenvalue weighted by molar-refractivity contribution is 0.112. The number of hydrogen-bond acceptors (Lipinski definition) is 2. The monoisotopic (exact) mass is 216 g/mol. The van der Waals surface area contributed by atoms with E-state index in [9.17, 15) is 4.79 Å². The van der Waals surface area contributed by atoms with Crippen molar-refractivity contribution in [2.24, 2.45) is 0 Å². The van der Waals surface area contributed by atoms with E-state index in [0.717, 1.165) is 22.8 Å². The number of aldehydes is 1. The third-order valence-electron chi connectivity index (χ3n) is 3.14. The van der Waals surface area contributed by atoms with E-state index in [-0.39, 0.29) is 0 Å². The van der Waals surface area contributed by atoms with E-state index < -0.39 is 0 Å². The predicted octanol–water partition coefficient (Wildman–Crippen LogP) is 2.60. The molecule has 1 heterocycles. The summed E-state index contributed by atoms with van der Waals surface area (Å²) in [6.45, 7) is 2.15. The van der Waals surface area contributed by atoms with Gasteiger partial charge in [-0.1, -0.05) is 12.1 Å². The molecule has 2 aromatic rings. The molecule has 0 fully saturated rings. The molecule has 0 aliphatic rings. The second-order valence-electron chi connectivity index (χ2n) is 4.27. The highest BCUT2D eigenvalue weighted by Gasteiger charge is 2.13. The number of hydrogen-bond donors (Lipinski definition) is 1. The maximum Gasteiger partial charge on any atom is 0.150 e. The van der Waals surface area contributed by atoms with Crippen molar-refractivity contribution >= 4 is 17.2 Å². The molecule has 0 bridgehead atoms. The van der Waals surface area contributed by atoms with Crippen LogP contribution in [0.25, 0.3) is 10.9 Å². The fraction of sp³-hybridized carbons (Fsp3) is 0.308. The smallest absolute Gasteiger partial charge is 0.150 e. The van der Waals surface area contributed by atoms with Crippen molar-refractivity contribution in [3.05, 3.63) is 35.5 Å². The second-order valence-corrected chi connectivity index (χ2v) is 4.27. The standard InChI is InChI=1S/C13H16N2O/c1-9(15(2)3)11-5-4-10(8-16)12-6-7-14-13(11)12/h4-9,14H,1-3H3. The summed E-state index contributed by atoms with van der Waals surface area (Å²) < 4.78 is 0. The van der Waals surface area contributed by atoms with Gasteiger partial charge in [0.2, 0.25) is 0 Å². The molecule has 0 amide bonds. The molecule has 16 heavy (non-hydrogen) atoms. The number of nitrogens with zero attached hydrogens (tertiary/aromatic N) is 1. The van der Waals surface area contributed by atoms with Crippen LogP contribution in [0.1, 0.15) is 28.9 Å². The Bertz CT molecular complexity index is 514. The van der Waals surface area contributed by atoms with E-state index in [1.165, 1.54) is 5.56 Å². The Morgan fingerprint density at radius 2 is 2.06 bits per heavy atom. The summed E-state index contributed by atoms with van der Waals surface area (Å²) in [6.07, 6.45) is 2.78. The van der Waals surface area contributed by atoms with Crippen molar-refractivity contribution in [3.63, 3.8) is 0 Å². The molecule has 1 aromatic carbocycles. The highest BCUT2D eigenvalue weighted by molar-refractivity contribution is 5.98. The highest BCUT2D eigenvalue weighted by Crippen LogP contribution is 2.27. The van der Waals surface area contributed by atoms with Gasteiger partial charge in [-0.2, -0.15) is 0 Å². The van der Waals surface area contributed by atoms with Gasteiger partial charge in [-0.3, -0.25) is 4.79 Å². The summed E-state index contributed by atoms with van der Waals surface area (Å²) in [5, 5.41) is 1.00. The molecule has 0 aliphatic carbocycles. The minimum absolute atomic E-state index is 0.321. The molecule has 1 atom stereocenters. The molecule has 1 unspecified atom stereocenters. The van der Waals surface area contributed by atoms with Crippen LogP contribution in [0.5, 0.6) is 0 Å². The molecule has 0 aliphatic heterocycles. The maximum absolute atomic E-state index is 10.9. The Kier molecular flexibility index (Phi) is 2.79. The highest BCUT2D eigenvalue weighted by atomic mass is 16.1. The predicted molar refractivity (Wildman–Crippen MR) is 65.8 cm³/mol. The van der Waals surface area contributed by atoms with E-state index in [4.69, 9.17) is 0 Å². The van der Waals surface area contributed by atoms with Gasteiger partial charge in [-0.15, -0.1) is 0 Å². The molecule has 0 spiro atoms. The summed E-state index contributed by atoms with van der Waals surface area (Å²) in [4.78, 5) is 16.3. The lowest BCUT2D eigenvalue weighted by Crippen LogP contribution is -2.17. The van der Waals surface area contributed by atoms with Gasteiger partial charge in [0.25, 0.3) is 0 Å². The zero-order valence-corrected chi connectivity index (χ0v) is 9.82. The minimum atomic E-state index is 0.321. The Morgan fingerprint density at radius 1 is 1.31 bits per heavy atom.